The average molecular weight is 249 g/mol. The van der Waals surface area contributed by atoms with Crippen molar-refractivity contribution in [3.05, 3.63) is 41.7 Å². The zero-order valence-corrected chi connectivity index (χ0v) is 10.7. The second kappa shape index (κ2) is 4.71. The van der Waals surface area contributed by atoms with E-state index in [4.69, 9.17) is 5.73 Å². The fourth-order valence-electron chi connectivity index (χ4n) is 1.68. The van der Waals surface area contributed by atoms with E-state index in [2.05, 4.69) is 5.10 Å². The Kier molecular flexibility index (Phi) is 3.28. The average Bonchev–Trinajstić information content (AvgIpc) is 2.63. The highest BCUT2D eigenvalue weighted by atomic mass is 32.2. The molecular weight excluding hydrogens is 234 g/mol. The van der Waals surface area contributed by atoms with Gasteiger partial charge in [0.05, 0.1) is 22.2 Å². The first-order chi connectivity index (χ1) is 8.06. The zero-order valence-electron chi connectivity index (χ0n) is 9.88. The Morgan fingerprint density at radius 3 is 2.76 bits per heavy atom. The lowest BCUT2D eigenvalue weighted by molar-refractivity contribution is 0.680. The monoisotopic (exact) mass is 249 g/mol. The van der Waals surface area contributed by atoms with Gasteiger partial charge in [-0.3, -0.25) is 8.89 Å². The molecular formula is C12H15N3OS. The Balaban J connectivity index is 2.20. The lowest BCUT2D eigenvalue weighted by Crippen LogP contribution is -2.01. The number of aromatic nitrogens is 2. The normalized spacial score (nSPS) is 12.6. The van der Waals surface area contributed by atoms with Crippen molar-refractivity contribution in [3.63, 3.8) is 0 Å². The first-order valence-corrected chi connectivity index (χ1v) is 6.61. The van der Waals surface area contributed by atoms with Gasteiger partial charge in [-0.1, -0.05) is 0 Å². The maximum absolute atomic E-state index is 12.2. The molecule has 1 heterocycles. The molecule has 2 rings (SSSR count). The molecule has 0 spiro atoms. The van der Waals surface area contributed by atoms with Crippen LogP contribution in [0.2, 0.25) is 0 Å². The summed E-state index contributed by atoms with van der Waals surface area (Å²) >= 11 is 0. The van der Waals surface area contributed by atoms with Gasteiger partial charge in [-0.25, -0.2) is 0 Å². The Bertz CT molecular complexity index is 563. The minimum atomic E-state index is -1.07. The van der Waals surface area contributed by atoms with Gasteiger partial charge in [-0.2, -0.15) is 5.10 Å². The summed E-state index contributed by atoms with van der Waals surface area (Å²) in [5.41, 5.74) is 8.16. The van der Waals surface area contributed by atoms with Crippen LogP contribution in [0.5, 0.6) is 0 Å². The molecule has 0 saturated heterocycles. The molecule has 2 N–H and O–H groups in total. The highest BCUT2D eigenvalue weighted by Gasteiger charge is 2.09. The van der Waals surface area contributed by atoms with E-state index in [1.807, 2.05) is 38.4 Å². The second-order valence-electron chi connectivity index (χ2n) is 4.00. The summed E-state index contributed by atoms with van der Waals surface area (Å²) in [6.45, 7) is 1.92. The van der Waals surface area contributed by atoms with E-state index < -0.39 is 10.8 Å². The van der Waals surface area contributed by atoms with Gasteiger partial charge in [0, 0.05) is 23.8 Å². The molecule has 5 heteroatoms. The minimum Gasteiger partial charge on any atom is -0.399 e. The Morgan fingerprint density at radius 2 is 2.18 bits per heavy atom. The zero-order chi connectivity index (χ0) is 12.4. The molecule has 1 atom stereocenters. The van der Waals surface area contributed by atoms with Gasteiger partial charge in [0.1, 0.15) is 0 Å². The van der Waals surface area contributed by atoms with Gasteiger partial charge in [0.2, 0.25) is 0 Å². The van der Waals surface area contributed by atoms with Crippen LogP contribution in [0, 0.1) is 6.92 Å². The fourth-order valence-corrected chi connectivity index (χ4v) is 2.90. The molecule has 1 aromatic heterocycles. The van der Waals surface area contributed by atoms with E-state index in [1.165, 1.54) is 0 Å². The second-order valence-corrected chi connectivity index (χ2v) is 5.42. The number of anilines is 1. The van der Waals surface area contributed by atoms with Crippen molar-refractivity contribution < 1.29 is 4.21 Å². The molecule has 0 bridgehead atoms. The predicted octanol–water partition coefficient (Wildman–Crippen LogP) is 1.62. The van der Waals surface area contributed by atoms with Crippen LogP contribution in [0.1, 0.15) is 11.3 Å². The number of rotatable bonds is 3. The molecule has 90 valence electrons. The Labute approximate surface area is 103 Å². The first kappa shape index (κ1) is 11.9. The van der Waals surface area contributed by atoms with Crippen LogP contribution in [-0.4, -0.2) is 14.0 Å². The summed E-state index contributed by atoms with van der Waals surface area (Å²) in [6, 6.07) is 7.32. The van der Waals surface area contributed by atoms with Gasteiger partial charge in [0.25, 0.3) is 0 Å². The molecule has 17 heavy (non-hydrogen) atoms. The number of benzene rings is 1. The number of nitrogens with two attached hydrogens (primary N) is 1. The highest BCUT2D eigenvalue weighted by Crippen LogP contribution is 2.18. The highest BCUT2D eigenvalue weighted by molar-refractivity contribution is 7.84. The smallest absolute Gasteiger partial charge is 0.0753 e. The number of nitrogen functional groups attached to an aromatic ring is 1. The van der Waals surface area contributed by atoms with E-state index in [-0.39, 0.29) is 0 Å². The number of nitrogens with zero attached hydrogens (tertiary/aromatic N) is 2. The van der Waals surface area contributed by atoms with E-state index in [0.29, 0.717) is 11.4 Å². The lowest BCUT2D eigenvalue weighted by atomic mass is 10.2. The molecule has 2 aromatic rings. The fraction of sp³-hybridized carbons (Fsp3) is 0.250. The quantitative estimate of drug-likeness (QED) is 0.841. The molecule has 1 aromatic carbocycles. The largest absolute Gasteiger partial charge is 0.399 e. The van der Waals surface area contributed by atoms with Gasteiger partial charge in [0.15, 0.2) is 0 Å². The molecule has 0 saturated carbocycles. The van der Waals surface area contributed by atoms with Crippen molar-refractivity contribution >= 4 is 16.5 Å². The van der Waals surface area contributed by atoms with Gasteiger partial charge < -0.3 is 5.73 Å². The summed E-state index contributed by atoms with van der Waals surface area (Å²) in [7, 11) is 0.776. The third-order valence-electron chi connectivity index (χ3n) is 2.49. The van der Waals surface area contributed by atoms with E-state index in [1.54, 1.807) is 10.7 Å². The van der Waals surface area contributed by atoms with Gasteiger partial charge >= 0.3 is 0 Å². The van der Waals surface area contributed by atoms with Crippen LogP contribution in [0.3, 0.4) is 0 Å². The van der Waals surface area contributed by atoms with Crippen molar-refractivity contribution in [2.75, 3.05) is 5.73 Å². The lowest BCUT2D eigenvalue weighted by Gasteiger charge is -2.05. The summed E-state index contributed by atoms with van der Waals surface area (Å²) in [5, 5.41) is 4.22. The van der Waals surface area contributed by atoms with Crippen LogP contribution in [0.4, 0.5) is 5.69 Å². The summed E-state index contributed by atoms with van der Waals surface area (Å²) in [4.78, 5) is 0.824. The van der Waals surface area contributed by atoms with Crippen LogP contribution < -0.4 is 5.73 Å². The van der Waals surface area contributed by atoms with Crippen molar-refractivity contribution in [3.8, 4) is 0 Å². The summed E-state index contributed by atoms with van der Waals surface area (Å²) < 4.78 is 13.9. The minimum absolute atomic E-state index is 0.436. The SMILES string of the molecule is Cc1cc(N)ccc1S(=O)Cc1ccn(C)n1. The van der Waals surface area contributed by atoms with Crippen LogP contribution in [-0.2, 0) is 23.6 Å². The van der Waals surface area contributed by atoms with Crippen LogP contribution in [0.15, 0.2) is 35.4 Å². The van der Waals surface area contributed by atoms with Crippen molar-refractivity contribution in [2.45, 2.75) is 17.6 Å². The van der Waals surface area contributed by atoms with Crippen molar-refractivity contribution in [2.24, 2.45) is 7.05 Å². The third kappa shape index (κ3) is 2.74. The molecule has 0 aliphatic carbocycles. The molecule has 4 nitrogen and oxygen atoms in total. The topological polar surface area (TPSA) is 60.9 Å². The molecule has 1 unspecified atom stereocenters. The van der Waals surface area contributed by atoms with Crippen LogP contribution in [0.25, 0.3) is 0 Å². The Morgan fingerprint density at radius 1 is 1.41 bits per heavy atom. The van der Waals surface area contributed by atoms with Crippen molar-refractivity contribution in [1.29, 1.82) is 0 Å². The standard InChI is InChI=1S/C12H15N3OS/c1-9-7-10(13)3-4-12(9)17(16)8-11-5-6-15(2)14-11/h3-7H,8,13H2,1-2H3. The number of hydrogen-bond acceptors (Lipinski definition) is 3. The van der Waals surface area contributed by atoms with Crippen molar-refractivity contribution in [1.82, 2.24) is 9.78 Å². The molecule has 0 fully saturated rings. The first-order valence-electron chi connectivity index (χ1n) is 5.29. The molecule has 0 radical (unpaired) electrons. The maximum atomic E-state index is 12.2. The predicted molar refractivity (Wildman–Crippen MR) is 68.9 cm³/mol. The summed E-state index contributed by atoms with van der Waals surface area (Å²) in [5.74, 6) is 0.436. The number of hydrogen-bond donors (Lipinski definition) is 1. The van der Waals surface area contributed by atoms with Crippen LogP contribution >= 0.6 is 0 Å². The maximum Gasteiger partial charge on any atom is 0.0753 e. The summed E-state index contributed by atoms with van der Waals surface area (Å²) in [6.07, 6.45) is 1.85. The van der Waals surface area contributed by atoms with E-state index >= 15 is 0 Å². The van der Waals surface area contributed by atoms with E-state index in [0.717, 1.165) is 16.2 Å². The number of aryl methyl sites for hydroxylation is 2. The molecule has 0 aliphatic rings. The third-order valence-corrected chi connectivity index (χ3v) is 4.00. The van der Waals surface area contributed by atoms with Gasteiger partial charge in [-0.05, 0) is 36.8 Å². The van der Waals surface area contributed by atoms with Gasteiger partial charge in [-0.15, -0.1) is 0 Å². The van der Waals surface area contributed by atoms with E-state index in [9.17, 15) is 4.21 Å². The molecule has 0 aliphatic heterocycles. The Hall–Kier alpha value is -1.62. The molecule has 0 amide bonds.